The molecule has 1 heterocycles. The van der Waals surface area contributed by atoms with E-state index >= 15 is 0 Å². The highest BCUT2D eigenvalue weighted by Gasteiger charge is 2.08. The first kappa shape index (κ1) is 13.5. The molecular weight excluding hydrogens is 236 g/mol. The Balaban J connectivity index is 1.97. The SMILES string of the molecule is Cc1cccc(CC(=O)Cc2ccn(C(C)C)n2)c1. The van der Waals surface area contributed by atoms with E-state index in [4.69, 9.17) is 0 Å². The summed E-state index contributed by atoms with van der Waals surface area (Å²) < 4.78 is 1.88. The number of aromatic nitrogens is 2. The summed E-state index contributed by atoms with van der Waals surface area (Å²) in [7, 11) is 0. The van der Waals surface area contributed by atoms with Crippen molar-refractivity contribution in [2.45, 2.75) is 39.7 Å². The Morgan fingerprint density at radius 1 is 1.26 bits per heavy atom. The van der Waals surface area contributed by atoms with Crippen LogP contribution in [-0.4, -0.2) is 15.6 Å². The molecule has 2 rings (SSSR count). The second kappa shape index (κ2) is 5.83. The Hall–Kier alpha value is -1.90. The summed E-state index contributed by atoms with van der Waals surface area (Å²) in [4.78, 5) is 12.0. The first-order chi connectivity index (χ1) is 9.04. The molecule has 0 unspecified atom stereocenters. The van der Waals surface area contributed by atoms with Crippen LogP contribution in [-0.2, 0) is 17.6 Å². The molecule has 0 aliphatic carbocycles. The Morgan fingerprint density at radius 2 is 2.05 bits per heavy atom. The minimum absolute atomic E-state index is 0.208. The van der Waals surface area contributed by atoms with Gasteiger partial charge in [0, 0.05) is 18.7 Å². The quantitative estimate of drug-likeness (QED) is 0.823. The topological polar surface area (TPSA) is 34.9 Å². The maximum atomic E-state index is 12.0. The molecule has 0 saturated heterocycles. The number of carbonyl (C=O) groups excluding carboxylic acids is 1. The molecule has 0 fully saturated rings. The maximum Gasteiger partial charge on any atom is 0.143 e. The second-order valence-corrected chi connectivity index (χ2v) is 5.26. The standard InChI is InChI=1S/C16H20N2O/c1-12(2)18-8-7-15(17-18)11-16(19)10-14-6-4-5-13(3)9-14/h4-9,12H,10-11H2,1-3H3. The van der Waals surface area contributed by atoms with Crippen LogP contribution in [0.1, 0.15) is 36.7 Å². The molecule has 1 aromatic heterocycles. The van der Waals surface area contributed by atoms with E-state index in [0.29, 0.717) is 18.9 Å². The molecular formula is C16H20N2O. The molecule has 0 saturated carbocycles. The van der Waals surface area contributed by atoms with E-state index in [2.05, 4.69) is 25.0 Å². The van der Waals surface area contributed by atoms with Crippen LogP contribution in [0.15, 0.2) is 36.5 Å². The number of benzene rings is 1. The average molecular weight is 256 g/mol. The number of nitrogens with zero attached hydrogens (tertiary/aromatic N) is 2. The molecule has 3 nitrogen and oxygen atoms in total. The Kier molecular flexibility index (Phi) is 4.15. The third-order valence-corrected chi connectivity index (χ3v) is 3.05. The molecule has 0 radical (unpaired) electrons. The predicted molar refractivity (Wildman–Crippen MR) is 76.2 cm³/mol. The Bertz CT molecular complexity index is 570. The zero-order chi connectivity index (χ0) is 13.8. The largest absolute Gasteiger partial charge is 0.299 e. The van der Waals surface area contributed by atoms with Crippen LogP contribution in [0.3, 0.4) is 0 Å². The molecule has 1 aromatic carbocycles. The van der Waals surface area contributed by atoms with Gasteiger partial charge in [-0.25, -0.2) is 0 Å². The van der Waals surface area contributed by atoms with Gasteiger partial charge in [-0.3, -0.25) is 9.48 Å². The molecule has 100 valence electrons. The van der Waals surface area contributed by atoms with Crippen LogP contribution in [0.25, 0.3) is 0 Å². The van der Waals surface area contributed by atoms with Crippen LogP contribution < -0.4 is 0 Å². The van der Waals surface area contributed by atoms with Gasteiger partial charge in [-0.2, -0.15) is 5.10 Å². The normalized spacial score (nSPS) is 10.9. The van der Waals surface area contributed by atoms with Crippen molar-refractivity contribution < 1.29 is 4.79 Å². The van der Waals surface area contributed by atoms with E-state index in [1.54, 1.807) is 0 Å². The van der Waals surface area contributed by atoms with Crippen molar-refractivity contribution in [2.24, 2.45) is 0 Å². The van der Waals surface area contributed by atoms with E-state index in [1.807, 2.05) is 42.1 Å². The summed E-state index contributed by atoms with van der Waals surface area (Å²) >= 11 is 0. The van der Waals surface area contributed by atoms with Gasteiger partial charge in [0.1, 0.15) is 5.78 Å². The molecule has 19 heavy (non-hydrogen) atoms. The second-order valence-electron chi connectivity index (χ2n) is 5.26. The lowest BCUT2D eigenvalue weighted by Gasteiger charge is -2.04. The van der Waals surface area contributed by atoms with Gasteiger partial charge in [-0.1, -0.05) is 29.8 Å². The van der Waals surface area contributed by atoms with Crippen LogP contribution in [0.4, 0.5) is 0 Å². The van der Waals surface area contributed by atoms with Gasteiger partial charge in [-0.05, 0) is 32.4 Å². The maximum absolute atomic E-state index is 12.0. The van der Waals surface area contributed by atoms with Gasteiger partial charge in [0.15, 0.2) is 0 Å². The lowest BCUT2D eigenvalue weighted by molar-refractivity contribution is -0.117. The van der Waals surface area contributed by atoms with Crippen molar-refractivity contribution in [3.63, 3.8) is 0 Å². The third kappa shape index (κ3) is 3.78. The lowest BCUT2D eigenvalue weighted by atomic mass is 10.0. The van der Waals surface area contributed by atoms with Crippen LogP contribution in [0.2, 0.25) is 0 Å². The van der Waals surface area contributed by atoms with E-state index in [-0.39, 0.29) is 5.78 Å². The van der Waals surface area contributed by atoms with E-state index < -0.39 is 0 Å². The van der Waals surface area contributed by atoms with Crippen molar-refractivity contribution in [3.05, 3.63) is 53.3 Å². The highest BCUT2D eigenvalue weighted by molar-refractivity contribution is 5.82. The van der Waals surface area contributed by atoms with Gasteiger partial charge in [0.05, 0.1) is 12.1 Å². The van der Waals surface area contributed by atoms with Gasteiger partial charge in [0.25, 0.3) is 0 Å². The van der Waals surface area contributed by atoms with Crippen molar-refractivity contribution in [2.75, 3.05) is 0 Å². The fourth-order valence-electron chi connectivity index (χ4n) is 2.07. The molecule has 0 aliphatic heterocycles. The summed E-state index contributed by atoms with van der Waals surface area (Å²) in [6.07, 6.45) is 2.82. The lowest BCUT2D eigenvalue weighted by Crippen LogP contribution is -2.08. The Labute approximate surface area is 114 Å². The zero-order valence-corrected chi connectivity index (χ0v) is 11.8. The number of ketones is 1. The van der Waals surface area contributed by atoms with Crippen LogP contribution in [0, 0.1) is 6.92 Å². The number of hydrogen-bond acceptors (Lipinski definition) is 2. The summed E-state index contributed by atoms with van der Waals surface area (Å²) in [5.41, 5.74) is 3.12. The molecule has 3 heteroatoms. The first-order valence-electron chi connectivity index (χ1n) is 6.66. The smallest absolute Gasteiger partial charge is 0.143 e. The average Bonchev–Trinajstić information content (AvgIpc) is 2.77. The van der Waals surface area contributed by atoms with Crippen LogP contribution in [0.5, 0.6) is 0 Å². The summed E-state index contributed by atoms with van der Waals surface area (Å²) in [5, 5.41) is 4.40. The van der Waals surface area contributed by atoms with Crippen molar-refractivity contribution in [3.8, 4) is 0 Å². The summed E-state index contributed by atoms with van der Waals surface area (Å²) in [5.74, 6) is 0.208. The highest BCUT2D eigenvalue weighted by atomic mass is 16.1. The summed E-state index contributed by atoms with van der Waals surface area (Å²) in [6.45, 7) is 6.19. The van der Waals surface area contributed by atoms with E-state index in [0.717, 1.165) is 11.3 Å². The van der Waals surface area contributed by atoms with Gasteiger partial charge < -0.3 is 0 Å². The molecule has 0 atom stereocenters. The number of aryl methyl sites for hydroxylation is 1. The number of Topliss-reactive ketones (excluding diaryl/α,β-unsaturated/α-hetero) is 1. The van der Waals surface area contributed by atoms with Gasteiger partial charge in [0.2, 0.25) is 0 Å². The third-order valence-electron chi connectivity index (χ3n) is 3.05. The number of hydrogen-bond donors (Lipinski definition) is 0. The van der Waals surface area contributed by atoms with Gasteiger partial charge >= 0.3 is 0 Å². The fourth-order valence-corrected chi connectivity index (χ4v) is 2.07. The van der Waals surface area contributed by atoms with Crippen molar-refractivity contribution in [1.82, 2.24) is 9.78 Å². The zero-order valence-electron chi connectivity index (χ0n) is 11.8. The first-order valence-corrected chi connectivity index (χ1v) is 6.66. The van der Waals surface area contributed by atoms with Crippen molar-refractivity contribution in [1.29, 1.82) is 0 Å². The number of carbonyl (C=O) groups is 1. The number of rotatable bonds is 5. The highest BCUT2D eigenvalue weighted by Crippen LogP contribution is 2.09. The minimum Gasteiger partial charge on any atom is -0.299 e. The van der Waals surface area contributed by atoms with Crippen LogP contribution >= 0.6 is 0 Å². The Morgan fingerprint density at radius 3 is 2.68 bits per heavy atom. The summed E-state index contributed by atoms with van der Waals surface area (Å²) in [6, 6.07) is 10.3. The predicted octanol–water partition coefficient (Wildman–Crippen LogP) is 3.13. The van der Waals surface area contributed by atoms with Crippen molar-refractivity contribution >= 4 is 5.78 Å². The molecule has 0 amide bonds. The van der Waals surface area contributed by atoms with E-state index in [9.17, 15) is 4.79 Å². The monoisotopic (exact) mass is 256 g/mol. The minimum atomic E-state index is 0.208. The van der Waals surface area contributed by atoms with E-state index in [1.165, 1.54) is 5.56 Å². The molecule has 2 aromatic rings. The molecule has 0 bridgehead atoms. The van der Waals surface area contributed by atoms with Gasteiger partial charge in [-0.15, -0.1) is 0 Å². The molecule has 0 aliphatic rings. The molecule has 0 N–H and O–H groups in total. The molecule has 0 spiro atoms. The fraction of sp³-hybridized carbons (Fsp3) is 0.375.